The molecule has 1 atom stereocenters. The smallest absolute Gasteiger partial charge is 0.252 e. The van der Waals surface area contributed by atoms with Crippen LogP contribution in [0.5, 0.6) is 0 Å². The van der Waals surface area contributed by atoms with Crippen molar-refractivity contribution in [3.05, 3.63) is 70.8 Å². The molecule has 2 rings (SSSR count). The summed E-state index contributed by atoms with van der Waals surface area (Å²) < 4.78 is 0. The van der Waals surface area contributed by atoms with Crippen molar-refractivity contribution in [3.8, 4) is 0 Å². The van der Waals surface area contributed by atoms with E-state index in [4.69, 9.17) is 0 Å². The summed E-state index contributed by atoms with van der Waals surface area (Å²) in [5, 5.41) is 3.03. The maximum atomic E-state index is 12.2. The molecule has 19 heavy (non-hydrogen) atoms. The molecule has 0 spiro atoms. The van der Waals surface area contributed by atoms with Crippen LogP contribution in [-0.2, 0) is 0 Å². The minimum absolute atomic E-state index is 0.00714. The molecule has 0 saturated heterocycles. The second-order valence-electron chi connectivity index (χ2n) is 4.92. The highest BCUT2D eigenvalue weighted by atomic mass is 16.1. The molecule has 0 aliphatic heterocycles. The molecule has 0 aliphatic carbocycles. The summed E-state index contributed by atoms with van der Waals surface area (Å²) in [7, 11) is 0. The predicted molar refractivity (Wildman–Crippen MR) is 78.2 cm³/mol. The lowest BCUT2D eigenvalue weighted by molar-refractivity contribution is 0.0939. The van der Waals surface area contributed by atoms with Gasteiger partial charge in [-0.25, -0.2) is 0 Å². The van der Waals surface area contributed by atoms with Crippen molar-refractivity contribution in [2.24, 2.45) is 0 Å². The highest BCUT2D eigenvalue weighted by molar-refractivity contribution is 5.95. The van der Waals surface area contributed by atoms with Crippen molar-refractivity contribution in [1.29, 1.82) is 0 Å². The highest BCUT2D eigenvalue weighted by Gasteiger charge is 2.12. The lowest BCUT2D eigenvalue weighted by Gasteiger charge is -2.15. The minimum Gasteiger partial charge on any atom is -0.346 e. The van der Waals surface area contributed by atoms with E-state index < -0.39 is 0 Å². The summed E-state index contributed by atoms with van der Waals surface area (Å²) in [4.78, 5) is 12.2. The van der Waals surface area contributed by atoms with Crippen LogP contribution in [0.1, 0.15) is 40.0 Å². The average molecular weight is 253 g/mol. The molecule has 2 aromatic carbocycles. The van der Waals surface area contributed by atoms with Crippen LogP contribution >= 0.6 is 0 Å². The SMILES string of the molecule is Cc1ccc([C@@H](C)NC(=O)c2ccccc2C)cc1. The number of aryl methyl sites for hydroxylation is 2. The molecular weight excluding hydrogens is 234 g/mol. The Hall–Kier alpha value is -2.09. The number of benzene rings is 2. The zero-order valence-electron chi connectivity index (χ0n) is 11.6. The lowest BCUT2D eigenvalue weighted by Crippen LogP contribution is -2.27. The Labute approximate surface area is 114 Å². The van der Waals surface area contributed by atoms with E-state index in [0.717, 1.165) is 16.7 Å². The van der Waals surface area contributed by atoms with Gasteiger partial charge in [-0.3, -0.25) is 4.79 Å². The van der Waals surface area contributed by atoms with E-state index in [9.17, 15) is 4.79 Å². The molecule has 0 saturated carbocycles. The number of hydrogen-bond acceptors (Lipinski definition) is 1. The Bertz CT molecular complexity index is 572. The normalized spacial score (nSPS) is 11.9. The third-order valence-corrected chi connectivity index (χ3v) is 3.31. The molecule has 0 bridgehead atoms. The molecular formula is C17H19NO. The fourth-order valence-electron chi connectivity index (χ4n) is 2.04. The fourth-order valence-corrected chi connectivity index (χ4v) is 2.04. The van der Waals surface area contributed by atoms with Gasteiger partial charge in [-0.05, 0) is 38.0 Å². The van der Waals surface area contributed by atoms with Crippen LogP contribution in [0.2, 0.25) is 0 Å². The first kappa shape index (κ1) is 13.3. The van der Waals surface area contributed by atoms with Crippen LogP contribution in [0, 0.1) is 13.8 Å². The van der Waals surface area contributed by atoms with Crippen LogP contribution in [0.4, 0.5) is 0 Å². The molecule has 2 nitrogen and oxygen atoms in total. The van der Waals surface area contributed by atoms with E-state index in [-0.39, 0.29) is 11.9 Å². The van der Waals surface area contributed by atoms with E-state index in [2.05, 4.69) is 36.5 Å². The van der Waals surface area contributed by atoms with Gasteiger partial charge in [-0.1, -0.05) is 48.0 Å². The van der Waals surface area contributed by atoms with E-state index in [1.807, 2.05) is 38.1 Å². The van der Waals surface area contributed by atoms with Gasteiger partial charge in [0.1, 0.15) is 0 Å². The maximum absolute atomic E-state index is 12.2. The quantitative estimate of drug-likeness (QED) is 0.885. The van der Waals surface area contributed by atoms with Crippen LogP contribution in [-0.4, -0.2) is 5.91 Å². The largest absolute Gasteiger partial charge is 0.346 e. The number of amides is 1. The summed E-state index contributed by atoms with van der Waals surface area (Å²) >= 11 is 0. The lowest BCUT2D eigenvalue weighted by atomic mass is 10.0. The predicted octanol–water partition coefficient (Wildman–Crippen LogP) is 3.79. The molecule has 2 heteroatoms. The van der Waals surface area contributed by atoms with E-state index in [0.29, 0.717) is 0 Å². The standard InChI is InChI=1S/C17H19NO/c1-12-8-10-15(11-9-12)14(3)18-17(19)16-7-5-4-6-13(16)2/h4-11,14H,1-3H3,(H,18,19)/t14-/m1/s1. The summed E-state index contributed by atoms with van der Waals surface area (Å²) in [5.41, 5.74) is 4.08. The van der Waals surface area contributed by atoms with Gasteiger partial charge in [-0.15, -0.1) is 0 Å². The number of carbonyl (C=O) groups is 1. The highest BCUT2D eigenvalue weighted by Crippen LogP contribution is 2.15. The summed E-state index contributed by atoms with van der Waals surface area (Å²) in [6, 6.07) is 15.9. The van der Waals surface area contributed by atoms with E-state index in [1.165, 1.54) is 5.56 Å². The van der Waals surface area contributed by atoms with Crippen molar-refractivity contribution in [2.75, 3.05) is 0 Å². The maximum Gasteiger partial charge on any atom is 0.252 e. The monoisotopic (exact) mass is 253 g/mol. The number of hydrogen-bond donors (Lipinski definition) is 1. The third kappa shape index (κ3) is 3.22. The Kier molecular flexibility index (Phi) is 4.00. The Morgan fingerprint density at radius 2 is 1.63 bits per heavy atom. The van der Waals surface area contributed by atoms with Crippen molar-refractivity contribution in [3.63, 3.8) is 0 Å². The van der Waals surface area contributed by atoms with Crippen LogP contribution in [0.15, 0.2) is 48.5 Å². The Morgan fingerprint density at radius 1 is 1.00 bits per heavy atom. The van der Waals surface area contributed by atoms with Gasteiger partial charge in [0.25, 0.3) is 5.91 Å². The second-order valence-corrected chi connectivity index (χ2v) is 4.92. The van der Waals surface area contributed by atoms with Gasteiger partial charge >= 0.3 is 0 Å². The molecule has 0 unspecified atom stereocenters. The molecule has 0 fully saturated rings. The minimum atomic E-state index is -0.0221. The zero-order chi connectivity index (χ0) is 13.8. The van der Waals surface area contributed by atoms with Crippen LogP contribution < -0.4 is 5.32 Å². The molecule has 1 N–H and O–H groups in total. The van der Waals surface area contributed by atoms with Crippen LogP contribution in [0.25, 0.3) is 0 Å². The third-order valence-electron chi connectivity index (χ3n) is 3.31. The molecule has 98 valence electrons. The zero-order valence-corrected chi connectivity index (χ0v) is 11.6. The van der Waals surface area contributed by atoms with Crippen molar-refractivity contribution < 1.29 is 4.79 Å². The van der Waals surface area contributed by atoms with Gasteiger partial charge in [0.05, 0.1) is 6.04 Å². The van der Waals surface area contributed by atoms with E-state index in [1.54, 1.807) is 0 Å². The average Bonchev–Trinajstić information content (AvgIpc) is 2.39. The number of nitrogens with one attached hydrogen (secondary N) is 1. The van der Waals surface area contributed by atoms with Crippen LogP contribution in [0.3, 0.4) is 0 Å². The molecule has 0 aromatic heterocycles. The first-order valence-corrected chi connectivity index (χ1v) is 6.51. The fraction of sp³-hybridized carbons (Fsp3) is 0.235. The molecule has 0 radical (unpaired) electrons. The summed E-state index contributed by atoms with van der Waals surface area (Å²) in [6.07, 6.45) is 0. The van der Waals surface area contributed by atoms with Crippen molar-refractivity contribution in [2.45, 2.75) is 26.8 Å². The summed E-state index contributed by atoms with van der Waals surface area (Å²) in [5.74, 6) is -0.0221. The van der Waals surface area contributed by atoms with Gasteiger partial charge < -0.3 is 5.32 Å². The van der Waals surface area contributed by atoms with Gasteiger partial charge in [0.15, 0.2) is 0 Å². The first-order chi connectivity index (χ1) is 9.08. The topological polar surface area (TPSA) is 29.1 Å². The molecule has 0 heterocycles. The number of carbonyl (C=O) groups excluding carboxylic acids is 1. The summed E-state index contributed by atoms with van der Waals surface area (Å²) in [6.45, 7) is 6.01. The Morgan fingerprint density at radius 3 is 2.26 bits per heavy atom. The van der Waals surface area contributed by atoms with Gasteiger partial charge in [0.2, 0.25) is 0 Å². The number of rotatable bonds is 3. The second kappa shape index (κ2) is 5.70. The molecule has 2 aromatic rings. The van der Waals surface area contributed by atoms with Gasteiger partial charge in [0, 0.05) is 5.56 Å². The van der Waals surface area contributed by atoms with Gasteiger partial charge in [-0.2, -0.15) is 0 Å². The van der Waals surface area contributed by atoms with E-state index >= 15 is 0 Å². The molecule has 1 amide bonds. The first-order valence-electron chi connectivity index (χ1n) is 6.51. The Balaban J connectivity index is 2.11. The van der Waals surface area contributed by atoms with Crippen molar-refractivity contribution in [1.82, 2.24) is 5.32 Å². The van der Waals surface area contributed by atoms with Crippen molar-refractivity contribution >= 4 is 5.91 Å². The molecule has 0 aliphatic rings.